The number of nitrogens with two attached hydrogens (primary N) is 1. The van der Waals surface area contributed by atoms with Gasteiger partial charge in [0.2, 0.25) is 5.95 Å². The van der Waals surface area contributed by atoms with Gasteiger partial charge in [0.25, 0.3) is 5.56 Å². The smallest absolute Gasteiger partial charge is 0.262 e. The summed E-state index contributed by atoms with van der Waals surface area (Å²) in [6, 6.07) is -0.351. The van der Waals surface area contributed by atoms with Gasteiger partial charge in [0.1, 0.15) is 30.1 Å². The molecule has 3 heterocycles. The molecule has 112 valence electrons. The summed E-state index contributed by atoms with van der Waals surface area (Å²) in [5, 5.41) is 23.1. The number of nitrogen functional groups attached to an aromatic ring is 1. The van der Waals surface area contributed by atoms with Crippen molar-refractivity contribution in [3.05, 3.63) is 22.1 Å². The zero-order chi connectivity index (χ0) is 14.7. The zero-order valence-electron chi connectivity index (χ0n) is 10.9. The summed E-state index contributed by atoms with van der Waals surface area (Å²) < 4.78 is 5.27. The summed E-state index contributed by atoms with van der Waals surface area (Å²) in [7, 11) is 0. The molecule has 0 aromatic carbocycles. The molecule has 1 saturated heterocycles. The van der Waals surface area contributed by atoms with E-state index in [0.29, 0.717) is 23.1 Å². The first-order valence-electron chi connectivity index (χ1n) is 6.67. The molecule has 2 aromatic rings. The number of hydrogen-bond acceptors (Lipinski definition) is 7. The van der Waals surface area contributed by atoms with Crippen LogP contribution in [0.15, 0.2) is 11.0 Å². The van der Waals surface area contributed by atoms with Crippen LogP contribution in [0.1, 0.15) is 5.56 Å². The summed E-state index contributed by atoms with van der Waals surface area (Å²) in [6.45, 7) is 0.343. The molecule has 9 heteroatoms. The maximum Gasteiger partial charge on any atom is 0.262 e. The number of aromatic nitrogens is 3. The molecule has 0 bridgehead atoms. The van der Waals surface area contributed by atoms with Gasteiger partial charge in [-0.2, -0.15) is 4.98 Å². The first-order chi connectivity index (χ1) is 10.1. The van der Waals surface area contributed by atoms with E-state index >= 15 is 0 Å². The van der Waals surface area contributed by atoms with Gasteiger partial charge in [-0.15, -0.1) is 0 Å². The van der Waals surface area contributed by atoms with E-state index in [4.69, 9.17) is 10.5 Å². The minimum Gasteiger partial charge on any atom is -0.389 e. The highest BCUT2D eigenvalue weighted by Gasteiger charge is 2.61. The van der Waals surface area contributed by atoms with E-state index in [-0.39, 0.29) is 29.8 Å². The Labute approximate surface area is 118 Å². The molecule has 21 heavy (non-hydrogen) atoms. The Morgan fingerprint density at radius 3 is 2.90 bits per heavy atom. The Hall–Kier alpha value is -1.94. The third-order valence-corrected chi connectivity index (χ3v) is 4.14. The number of fused-ring (bicyclic) bond motifs is 2. The van der Waals surface area contributed by atoms with Gasteiger partial charge in [-0.3, -0.25) is 9.78 Å². The van der Waals surface area contributed by atoms with E-state index in [0.717, 1.165) is 0 Å². The highest BCUT2D eigenvalue weighted by atomic mass is 16.6. The number of H-pyrrole nitrogens is 2. The number of aliphatic hydroxyl groups is 2. The predicted molar refractivity (Wildman–Crippen MR) is 72.4 cm³/mol. The largest absolute Gasteiger partial charge is 0.389 e. The second kappa shape index (κ2) is 4.28. The molecule has 2 aliphatic rings. The van der Waals surface area contributed by atoms with Crippen molar-refractivity contribution in [3.8, 4) is 0 Å². The first kappa shape index (κ1) is 12.8. The number of nitrogens with zero attached hydrogens (tertiary/aromatic N) is 1. The maximum atomic E-state index is 11.9. The van der Waals surface area contributed by atoms with Crippen LogP contribution in [0, 0.1) is 0 Å². The Morgan fingerprint density at radius 2 is 2.19 bits per heavy atom. The fourth-order valence-electron chi connectivity index (χ4n) is 3.03. The molecule has 1 unspecified atom stereocenters. The number of hydrogen-bond donors (Lipinski definition) is 6. The Balaban J connectivity index is 1.57. The van der Waals surface area contributed by atoms with E-state index in [1.165, 1.54) is 0 Å². The van der Waals surface area contributed by atoms with Gasteiger partial charge < -0.3 is 31.0 Å². The lowest BCUT2D eigenvalue weighted by molar-refractivity contribution is -0.0179. The molecule has 1 aliphatic heterocycles. The number of rotatable bonds is 3. The van der Waals surface area contributed by atoms with Gasteiger partial charge in [-0.25, -0.2) is 0 Å². The fraction of sp³-hybridized carbons (Fsp3) is 0.500. The van der Waals surface area contributed by atoms with Crippen molar-refractivity contribution in [1.29, 1.82) is 0 Å². The summed E-state index contributed by atoms with van der Waals surface area (Å²) in [6.07, 6.45) is -0.522. The van der Waals surface area contributed by atoms with Crippen molar-refractivity contribution in [3.63, 3.8) is 0 Å². The van der Waals surface area contributed by atoms with Crippen LogP contribution in [0.3, 0.4) is 0 Å². The van der Waals surface area contributed by atoms with Crippen molar-refractivity contribution in [2.24, 2.45) is 0 Å². The number of ether oxygens (including phenoxy) is 1. The maximum absolute atomic E-state index is 11.9. The molecule has 2 fully saturated rings. The van der Waals surface area contributed by atoms with Crippen LogP contribution in [-0.4, -0.2) is 55.6 Å². The van der Waals surface area contributed by atoms with Crippen LogP contribution >= 0.6 is 0 Å². The number of aliphatic hydroxyl groups excluding tert-OH is 2. The minimum atomic E-state index is -0.869. The van der Waals surface area contributed by atoms with Crippen LogP contribution in [-0.2, 0) is 11.3 Å². The summed E-state index contributed by atoms with van der Waals surface area (Å²) >= 11 is 0. The first-order valence-corrected chi connectivity index (χ1v) is 6.67. The van der Waals surface area contributed by atoms with Crippen LogP contribution in [0.25, 0.3) is 11.0 Å². The number of anilines is 1. The van der Waals surface area contributed by atoms with Crippen molar-refractivity contribution >= 4 is 17.0 Å². The number of epoxide rings is 1. The monoisotopic (exact) mass is 293 g/mol. The lowest BCUT2D eigenvalue weighted by atomic mass is 10.1. The molecule has 1 aliphatic carbocycles. The van der Waals surface area contributed by atoms with Gasteiger partial charge in [-0.05, 0) is 5.56 Å². The van der Waals surface area contributed by atoms with Gasteiger partial charge in [-0.1, -0.05) is 0 Å². The lowest BCUT2D eigenvalue weighted by Crippen LogP contribution is -2.44. The highest BCUT2D eigenvalue weighted by molar-refractivity contribution is 5.79. The third-order valence-electron chi connectivity index (χ3n) is 4.14. The second-order valence-electron chi connectivity index (χ2n) is 5.44. The average Bonchev–Trinajstić information content (AvgIpc) is 3.05. The Kier molecular flexibility index (Phi) is 2.60. The van der Waals surface area contributed by atoms with Gasteiger partial charge in [0.15, 0.2) is 0 Å². The molecule has 9 nitrogen and oxygen atoms in total. The SMILES string of the molecule is Nc1nc2[nH]cc(CN[C@@H]3[C@@H](O)[C@@H](O)C4O[C@@H]43)c2c(=O)[nH]1. The van der Waals surface area contributed by atoms with Gasteiger partial charge >= 0.3 is 0 Å². The molecule has 2 aromatic heterocycles. The second-order valence-corrected chi connectivity index (χ2v) is 5.44. The number of nitrogens with one attached hydrogen (secondary N) is 3. The Morgan fingerprint density at radius 1 is 1.38 bits per heavy atom. The molecule has 0 spiro atoms. The quantitative estimate of drug-likeness (QED) is 0.351. The normalized spacial score (nSPS) is 34.3. The van der Waals surface area contributed by atoms with Crippen LogP contribution < -0.4 is 16.6 Å². The van der Waals surface area contributed by atoms with Crippen LogP contribution in [0.2, 0.25) is 0 Å². The van der Waals surface area contributed by atoms with Crippen molar-refractivity contribution < 1.29 is 14.9 Å². The fourth-order valence-corrected chi connectivity index (χ4v) is 3.03. The summed E-state index contributed by atoms with van der Waals surface area (Å²) in [5.74, 6) is 0.0532. The van der Waals surface area contributed by atoms with Crippen molar-refractivity contribution in [2.75, 3.05) is 5.73 Å². The van der Waals surface area contributed by atoms with Crippen LogP contribution in [0.4, 0.5) is 5.95 Å². The third kappa shape index (κ3) is 1.86. The molecule has 1 saturated carbocycles. The number of aromatic amines is 2. The topological polar surface area (TPSA) is 153 Å². The molecule has 0 amide bonds. The molecule has 0 radical (unpaired) electrons. The zero-order valence-corrected chi connectivity index (χ0v) is 10.9. The molecular weight excluding hydrogens is 278 g/mol. The van der Waals surface area contributed by atoms with Gasteiger partial charge in [0.05, 0.1) is 11.4 Å². The average molecular weight is 293 g/mol. The van der Waals surface area contributed by atoms with Crippen molar-refractivity contribution in [2.45, 2.75) is 37.0 Å². The molecule has 7 N–H and O–H groups in total. The van der Waals surface area contributed by atoms with E-state index < -0.39 is 12.2 Å². The van der Waals surface area contributed by atoms with E-state index in [2.05, 4.69) is 20.3 Å². The standard InChI is InChI=1S/C12H15N5O4/c13-12-16-10-4(11(20)17-12)3(2-15-10)1-14-5-6(18)7(19)9-8(5)21-9/h2,5-9,14,18-19H,1H2,(H4,13,15,16,17,20)/t5-,6-,7-,8-,9?/m1/s1. The van der Waals surface area contributed by atoms with Crippen LogP contribution in [0.5, 0.6) is 0 Å². The molecule has 5 atom stereocenters. The van der Waals surface area contributed by atoms with E-state index in [1.54, 1.807) is 6.20 Å². The Bertz CT molecular complexity index is 756. The molecule has 4 rings (SSSR count). The minimum absolute atomic E-state index is 0.0532. The lowest BCUT2D eigenvalue weighted by Gasteiger charge is -2.20. The predicted octanol–water partition coefficient (Wildman–Crippen LogP) is -2.21. The molecular formula is C12H15N5O4. The highest BCUT2D eigenvalue weighted by Crippen LogP contribution is 2.39. The summed E-state index contributed by atoms with van der Waals surface area (Å²) in [5.41, 5.74) is 6.30. The van der Waals surface area contributed by atoms with E-state index in [1.807, 2.05) is 0 Å². The van der Waals surface area contributed by atoms with Crippen molar-refractivity contribution in [1.82, 2.24) is 20.3 Å². The van der Waals surface area contributed by atoms with Gasteiger partial charge in [0, 0.05) is 12.7 Å². The van der Waals surface area contributed by atoms with E-state index in [9.17, 15) is 15.0 Å². The summed E-state index contributed by atoms with van der Waals surface area (Å²) in [4.78, 5) is 21.3.